The maximum absolute atomic E-state index is 12.5. The minimum atomic E-state index is -0.0930. The number of carbonyl (C=O) groups excluding carboxylic acids is 1. The largest absolute Gasteiger partial charge is 0.454 e. The number of carbonyl (C=O) groups is 1. The van der Waals surface area contributed by atoms with E-state index >= 15 is 0 Å². The van der Waals surface area contributed by atoms with E-state index < -0.39 is 0 Å². The Balaban J connectivity index is 1.30. The SMILES string of the molecule is Cc1ccc(-n2ncc3c(C)nnc(SCC(=O)NCc4ccc5c(c4)OCO5)c32)cc1. The molecule has 162 valence electrons. The van der Waals surface area contributed by atoms with Crippen molar-refractivity contribution in [3.8, 4) is 17.2 Å². The number of nitrogens with one attached hydrogen (secondary N) is 1. The number of hydrogen-bond donors (Lipinski definition) is 1. The summed E-state index contributed by atoms with van der Waals surface area (Å²) < 4.78 is 12.6. The highest BCUT2D eigenvalue weighted by molar-refractivity contribution is 8.00. The van der Waals surface area contributed by atoms with Crippen LogP contribution in [0.5, 0.6) is 11.5 Å². The van der Waals surface area contributed by atoms with E-state index in [-0.39, 0.29) is 18.5 Å². The van der Waals surface area contributed by atoms with E-state index in [2.05, 4.69) is 20.6 Å². The van der Waals surface area contributed by atoms with Crippen molar-refractivity contribution in [1.82, 2.24) is 25.3 Å². The molecule has 32 heavy (non-hydrogen) atoms. The fourth-order valence-corrected chi connectivity index (χ4v) is 4.26. The Hall–Kier alpha value is -3.59. The maximum atomic E-state index is 12.5. The highest BCUT2D eigenvalue weighted by Crippen LogP contribution is 2.32. The summed E-state index contributed by atoms with van der Waals surface area (Å²) in [7, 11) is 0. The van der Waals surface area contributed by atoms with Gasteiger partial charge in [-0.15, -0.1) is 5.10 Å². The van der Waals surface area contributed by atoms with Crippen LogP contribution in [0.1, 0.15) is 16.8 Å². The summed E-state index contributed by atoms with van der Waals surface area (Å²) in [5.74, 6) is 1.55. The molecule has 2 aromatic heterocycles. The van der Waals surface area contributed by atoms with Gasteiger partial charge in [-0.05, 0) is 43.7 Å². The number of rotatable bonds is 6. The number of fused-ring (bicyclic) bond motifs is 2. The number of aryl methyl sites for hydroxylation is 2. The molecular formula is C23H21N5O3S. The van der Waals surface area contributed by atoms with E-state index in [0.717, 1.165) is 33.6 Å². The Bertz CT molecular complexity index is 1300. The smallest absolute Gasteiger partial charge is 0.231 e. The quantitative estimate of drug-likeness (QED) is 0.452. The fraction of sp³-hybridized carbons (Fsp3) is 0.217. The molecule has 3 heterocycles. The molecular weight excluding hydrogens is 426 g/mol. The molecule has 9 heteroatoms. The standard InChI is InChI=1S/C23H21N5O3S/c1-14-3-6-17(7-4-14)28-22-18(11-25-28)15(2)26-27-23(22)32-12-21(29)24-10-16-5-8-19-20(9-16)31-13-30-19/h3-9,11H,10,12-13H2,1-2H3,(H,24,29). The molecule has 0 bridgehead atoms. The van der Waals surface area contributed by atoms with Gasteiger partial charge in [0.25, 0.3) is 0 Å². The average Bonchev–Trinajstić information content (AvgIpc) is 3.45. The lowest BCUT2D eigenvalue weighted by Crippen LogP contribution is -2.24. The number of thioether (sulfide) groups is 1. The Morgan fingerprint density at radius 1 is 1.09 bits per heavy atom. The summed E-state index contributed by atoms with van der Waals surface area (Å²) in [6.07, 6.45) is 1.79. The molecule has 1 amide bonds. The first-order valence-electron chi connectivity index (χ1n) is 10.1. The van der Waals surface area contributed by atoms with Gasteiger partial charge in [-0.3, -0.25) is 4.79 Å². The van der Waals surface area contributed by atoms with Gasteiger partial charge in [0.1, 0.15) is 10.5 Å². The second kappa shape index (κ2) is 8.51. The van der Waals surface area contributed by atoms with E-state index in [1.54, 1.807) is 6.20 Å². The molecule has 0 saturated heterocycles. The molecule has 8 nitrogen and oxygen atoms in total. The maximum Gasteiger partial charge on any atom is 0.231 e. The van der Waals surface area contributed by atoms with E-state index in [4.69, 9.17) is 9.47 Å². The number of ether oxygens (including phenoxy) is 2. The van der Waals surface area contributed by atoms with Crippen molar-refractivity contribution in [1.29, 1.82) is 0 Å². The van der Waals surface area contributed by atoms with E-state index in [1.807, 2.05) is 61.0 Å². The summed E-state index contributed by atoms with van der Waals surface area (Å²) >= 11 is 1.35. The molecule has 0 spiro atoms. The van der Waals surface area contributed by atoms with E-state index in [0.29, 0.717) is 17.3 Å². The van der Waals surface area contributed by atoms with Crippen LogP contribution in [0.4, 0.5) is 0 Å². The van der Waals surface area contributed by atoms with Gasteiger partial charge in [0.15, 0.2) is 11.5 Å². The van der Waals surface area contributed by atoms with Crippen LogP contribution in [-0.4, -0.2) is 38.4 Å². The molecule has 0 aliphatic carbocycles. The van der Waals surface area contributed by atoms with Crippen molar-refractivity contribution >= 4 is 28.6 Å². The van der Waals surface area contributed by atoms with Gasteiger partial charge in [0, 0.05) is 11.9 Å². The third kappa shape index (κ3) is 3.99. The van der Waals surface area contributed by atoms with Crippen LogP contribution in [0.3, 0.4) is 0 Å². The minimum Gasteiger partial charge on any atom is -0.454 e. The van der Waals surface area contributed by atoms with Crippen molar-refractivity contribution in [2.45, 2.75) is 25.4 Å². The highest BCUT2D eigenvalue weighted by Gasteiger charge is 2.17. The third-order valence-corrected chi connectivity index (χ3v) is 6.15. The van der Waals surface area contributed by atoms with Gasteiger partial charge in [-0.1, -0.05) is 35.5 Å². The lowest BCUT2D eigenvalue weighted by atomic mass is 10.2. The number of benzene rings is 2. The van der Waals surface area contributed by atoms with Crippen molar-refractivity contribution in [3.63, 3.8) is 0 Å². The van der Waals surface area contributed by atoms with Crippen LogP contribution in [0.15, 0.2) is 53.7 Å². The number of hydrogen-bond acceptors (Lipinski definition) is 7. The summed E-state index contributed by atoms with van der Waals surface area (Å²) in [5, 5.41) is 17.7. The lowest BCUT2D eigenvalue weighted by Gasteiger charge is -2.09. The van der Waals surface area contributed by atoms with Crippen LogP contribution < -0.4 is 14.8 Å². The molecule has 0 fully saturated rings. The highest BCUT2D eigenvalue weighted by atomic mass is 32.2. The van der Waals surface area contributed by atoms with Crippen LogP contribution in [0.25, 0.3) is 16.6 Å². The van der Waals surface area contributed by atoms with Crippen LogP contribution in [0, 0.1) is 13.8 Å². The van der Waals surface area contributed by atoms with Gasteiger partial charge in [0.05, 0.1) is 23.3 Å². The van der Waals surface area contributed by atoms with Gasteiger partial charge in [0.2, 0.25) is 12.7 Å². The molecule has 1 aliphatic heterocycles. The first kappa shape index (κ1) is 20.3. The van der Waals surface area contributed by atoms with Crippen molar-refractivity contribution < 1.29 is 14.3 Å². The predicted octanol–water partition coefficient (Wildman–Crippen LogP) is 3.57. The summed E-state index contributed by atoms with van der Waals surface area (Å²) in [5.41, 5.74) is 4.72. The summed E-state index contributed by atoms with van der Waals surface area (Å²) in [4.78, 5) is 12.5. The number of amides is 1. The minimum absolute atomic E-state index is 0.0930. The Morgan fingerprint density at radius 3 is 2.75 bits per heavy atom. The monoisotopic (exact) mass is 447 g/mol. The second-order valence-corrected chi connectivity index (χ2v) is 8.46. The molecule has 0 saturated carbocycles. The average molecular weight is 448 g/mol. The van der Waals surface area contributed by atoms with Crippen LogP contribution in [0.2, 0.25) is 0 Å². The molecule has 4 aromatic rings. The van der Waals surface area contributed by atoms with Crippen molar-refractivity contribution in [3.05, 3.63) is 65.5 Å². The fourth-order valence-electron chi connectivity index (χ4n) is 3.46. The van der Waals surface area contributed by atoms with Crippen LogP contribution >= 0.6 is 11.8 Å². The summed E-state index contributed by atoms with van der Waals surface area (Å²) in [6, 6.07) is 13.8. The molecule has 0 radical (unpaired) electrons. The molecule has 0 atom stereocenters. The molecule has 1 N–H and O–H groups in total. The third-order valence-electron chi connectivity index (χ3n) is 5.20. The van der Waals surface area contributed by atoms with Gasteiger partial charge < -0.3 is 14.8 Å². The molecule has 0 unspecified atom stereocenters. The van der Waals surface area contributed by atoms with Crippen LogP contribution in [-0.2, 0) is 11.3 Å². The Kier molecular flexibility index (Phi) is 5.40. The molecule has 5 rings (SSSR count). The van der Waals surface area contributed by atoms with Gasteiger partial charge >= 0.3 is 0 Å². The van der Waals surface area contributed by atoms with Crippen molar-refractivity contribution in [2.75, 3.05) is 12.5 Å². The van der Waals surface area contributed by atoms with Crippen molar-refractivity contribution in [2.24, 2.45) is 0 Å². The lowest BCUT2D eigenvalue weighted by molar-refractivity contribution is -0.118. The molecule has 1 aliphatic rings. The first-order valence-corrected chi connectivity index (χ1v) is 11.1. The zero-order valence-corrected chi connectivity index (χ0v) is 18.5. The molecule has 2 aromatic carbocycles. The first-order chi connectivity index (χ1) is 15.6. The Morgan fingerprint density at radius 2 is 1.91 bits per heavy atom. The normalized spacial score (nSPS) is 12.3. The van der Waals surface area contributed by atoms with E-state index in [9.17, 15) is 4.79 Å². The second-order valence-electron chi connectivity index (χ2n) is 7.50. The summed E-state index contributed by atoms with van der Waals surface area (Å²) in [6.45, 7) is 4.59. The predicted molar refractivity (Wildman–Crippen MR) is 121 cm³/mol. The van der Waals surface area contributed by atoms with Gasteiger partial charge in [-0.25, -0.2) is 4.68 Å². The van der Waals surface area contributed by atoms with Gasteiger partial charge in [-0.2, -0.15) is 10.2 Å². The number of nitrogens with zero attached hydrogens (tertiary/aromatic N) is 4. The zero-order valence-electron chi connectivity index (χ0n) is 17.7. The zero-order chi connectivity index (χ0) is 22.1. The van der Waals surface area contributed by atoms with E-state index in [1.165, 1.54) is 17.3 Å². The number of aromatic nitrogens is 4. The topological polar surface area (TPSA) is 91.2 Å². The Labute approximate surface area is 188 Å².